The summed E-state index contributed by atoms with van der Waals surface area (Å²) in [5.41, 5.74) is 5.71. The average molecular weight is 394 g/mol. The first-order valence-electron chi connectivity index (χ1n) is 8.65. The molecule has 0 bridgehead atoms. The standard InChI is InChI=1S/C16H14N10O3/c17-11(27)10-5-25(6-18-10)14-22-12-7(3-9-13(28)23-16(29)21-9)4-19-26(12)15(24-14)20-8-1-2-8/h3-6,8,28H,1-2H2,(H2,17,27)(H2,21,23,29). The minimum Gasteiger partial charge on any atom is -0.493 e. The number of H-pyrrole nitrogens is 2. The molecule has 1 saturated carbocycles. The van der Waals surface area contributed by atoms with E-state index in [0.29, 0.717) is 16.5 Å². The van der Waals surface area contributed by atoms with E-state index in [1.165, 1.54) is 33.9 Å². The Balaban J connectivity index is 1.75. The first-order valence-corrected chi connectivity index (χ1v) is 8.65. The molecule has 146 valence electrons. The number of nitrogens with two attached hydrogens (primary N) is 1. The van der Waals surface area contributed by atoms with E-state index >= 15 is 0 Å². The van der Waals surface area contributed by atoms with Crippen molar-refractivity contribution in [3.05, 3.63) is 51.4 Å². The van der Waals surface area contributed by atoms with Crippen LogP contribution >= 0.6 is 0 Å². The molecule has 0 aromatic carbocycles. The number of aromatic hydroxyl groups is 1. The van der Waals surface area contributed by atoms with E-state index in [0.717, 1.165) is 12.8 Å². The number of aromatic nitrogens is 8. The predicted molar refractivity (Wildman–Crippen MR) is 96.9 cm³/mol. The fourth-order valence-corrected chi connectivity index (χ4v) is 2.74. The summed E-state index contributed by atoms with van der Waals surface area (Å²) in [7, 11) is 0. The van der Waals surface area contributed by atoms with Crippen molar-refractivity contribution < 1.29 is 9.90 Å². The fraction of sp³-hybridized carbons (Fsp3) is 0.188. The van der Waals surface area contributed by atoms with Gasteiger partial charge in [-0.1, -0.05) is 0 Å². The number of aromatic amines is 2. The molecular formula is C16H14N10O3. The van der Waals surface area contributed by atoms with Crippen LogP contribution in [0.15, 0.2) is 28.5 Å². The molecule has 13 nitrogen and oxygen atoms in total. The number of nitrogens with zero attached hydrogens (tertiary/aromatic N) is 7. The van der Waals surface area contributed by atoms with E-state index in [-0.39, 0.29) is 29.3 Å². The van der Waals surface area contributed by atoms with E-state index in [2.05, 4.69) is 35.0 Å². The minimum absolute atomic E-state index is 0.0734. The number of hydrogen-bond acceptors (Lipinski definition) is 8. The monoisotopic (exact) mass is 394 g/mol. The van der Waals surface area contributed by atoms with Gasteiger partial charge in [0, 0.05) is 11.4 Å². The molecule has 29 heavy (non-hydrogen) atoms. The van der Waals surface area contributed by atoms with Crippen LogP contribution in [0.3, 0.4) is 0 Å². The lowest BCUT2D eigenvalue weighted by Gasteiger charge is -2.01. The topological polar surface area (TPSA) is 185 Å². The quantitative estimate of drug-likeness (QED) is 0.301. The van der Waals surface area contributed by atoms with Crippen molar-refractivity contribution in [1.82, 2.24) is 39.1 Å². The van der Waals surface area contributed by atoms with Crippen LogP contribution < -0.4 is 22.3 Å². The molecule has 0 spiro atoms. The van der Waals surface area contributed by atoms with Crippen molar-refractivity contribution >= 4 is 17.6 Å². The molecular weight excluding hydrogens is 380 g/mol. The maximum absolute atomic E-state index is 11.4. The number of imidazole rings is 2. The summed E-state index contributed by atoms with van der Waals surface area (Å²) in [4.78, 5) is 44.9. The van der Waals surface area contributed by atoms with Crippen molar-refractivity contribution in [2.24, 2.45) is 10.7 Å². The van der Waals surface area contributed by atoms with Gasteiger partial charge in [0.05, 0.1) is 12.2 Å². The predicted octanol–water partition coefficient (Wildman–Crippen LogP) is -2.26. The van der Waals surface area contributed by atoms with E-state index in [9.17, 15) is 14.7 Å². The summed E-state index contributed by atoms with van der Waals surface area (Å²) in [5, 5.41) is 14.6. The van der Waals surface area contributed by atoms with Crippen molar-refractivity contribution in [3.8, 4) is 11.8 Å². The molecule has 1 amide bonds. The van der Waals surface area contributed by atoms with E-state index < -0.39 is 11.6 Å². The number of carbonyl (C=O) groups excluding carboxylic acids is 1. The van der Waals surface area contributed by atoms with Crippen LogP contribution in [0.25, 0.3) is 17.7 Å². The van der Waals surface area contributed by atoms with Gasteiger partial charge in [0.1, 0.15) is 17.7 Å². The van der Waals surface area contributed by atoms with Gasteiger partial charge in [0.25, 0.3) is 11.5 Å². The Bertz CT molecular complexity index is 1440. The van der Waals surface area contributed by atoms with Crippen molar-refractivity contribution in [1.29, 1.82) is 0 Å². The Labute approximate surface area is 160 Å². The molecule has 1 aliphatic rings. The highest BCUT2D eigenvalue weighted by atomic mass is 16.3. The number of fused-ring (bicyclic) bond motifs is 1. The second-order valence-corrected chi connectivity index (χ2v) is 6.54. The van der Waals surface area contributed by atoms with Crippen LogP contribution in [0.5, 0.6) is 5.88 Å². The Kier molecular flexibility index (Phi) is 3.55. The Morgan fingerprint density at radius 1 is 1.34 bits per heavy atom. The molecule has 5 N–H and O–H groups in total. The Hall–Kier alpha value is -4.29. The number of hydrogen-bond donors (Lipinski definition) is 4. The molecule has 5 rings (SSSR count). The third-order valence-electron chi connectivity index (χ3n) is 4.31. The van der Waals surface area contributed by atoms with Gasteiger partial charge < -0.3 is 15.8 Å². The van der Waals surface area contributed by atoms with Crippen molar-refractivity contribution in [3.63, 3.8) is 0 Å². The molecule has 0 unspecified atom stereocenters. The molecule has 0 atom stereocenters. The highest BCUT2D eigenvalue weighted by Gasteiger charge is 2.21. The lowest BCUT2D eigenvalue weighted by molar-refractivity contribution is 0.0996. The zero-order chi connectivity index (χ0) is 20.1. The van der Waals surface area contributed by atoms with E-state index in [4.69, 9.17) is 5.73 Å². The third-order valence-corrected chi connectivity index (χ3v) is 4.31. The molecule has 4 aromatic rings. The summed E-state index contributed by atoms with van der Waals surface area (Å²) in [5.74, 6) is -0.746. The molecule has 0 radical (unpaired) electrons. The zero-order valence-corrected chi connectivity index (χ0v) is 14.8. The SMILES string of the molecule is NC(=O)c1cn(-c2nc(=NC3CC3)n3ncc(=Cc4[nH]c(=O)[nH]c4O)c3n2)cn1. The smallest absolute Gasteiger partial charge is 0.326 e. The maximum Gasteiger partial charge on any atom is 0.326 e. The molecule has 0 saturated heterocycles. The van der Waals surface area contributed by atoms with Crippen LogP contribution in [0.4, 0.5) is 0 Å². The number of primary amides is 1. The summed E-state index contributed by atoms with van der Waals surface area (Å²) >= 11 is 0. The van der Waals surface area contributed by atoms with Crippen LogP contribution in [0.1, 0.15) is 29.0 Å². The van der Waals surface area contributed by atoms with Gasteiger partial charge in [-0.25, -0.2) is 14.8 Å². The van der Waals surface area contributed by atoms with E-state index in [1.807, 2.05) is 0 Å². The van der Waals surface area contributed by atoms with Crippen LogP contribution in [0.2, 0.25) is 0 Å². The molecule has 13 heteroatoms. The van der Waals surface area contributed by atoms with Gasteiger partial charge in [0.2, 0.25) is 11.8 Å². The number of nitrogens with one attached hydrogen (secondary N) is 2. The molecule has 4 heterocycles. The molecule has 4 aromatic heterocycles. The van der Waals surface area contributed by atoms with Gasteiger partial charge >= 0.3 is 5.69 Å². The molecule has 1 aliphatic carbocycles. The second-order valence-electron chi connectivity index (χ2n) is 6.54. The van der Waals surface area contributed by atoms with Gasteiger partial charge in [-0.15, -0.1) is 0 Å². The third kappa shape index (κ3) is 3.03. The largest absolute Gasteiger partial charge is 0.493 e. The summed E-state index contributed by atoms with van der Waals surface area (Å²) in [6, 6.07) is 0.173. The summed E-state index contributed by atoms with van der Waals surface area (Å²) < 4.78 is 2.93. The van der Waals surface area contributed by atoms with Crippen LogP contribution in [0, 0.1) is 0 Å². The van der Waals surface area contributed by atoms with Gasteiger partial charge in [-0.05, 0) is 18.9 Å². The van der Waals surface area contributed by atoms with Gasteiger partial charge in [0.15, 0.2) is 5.65 Å². The number of carbonyl (C=O) groups is 1. The average Bonchev–Trinajstić information content (AvgIpc) is 3.08. The maximum atomic E-state index is 11.4. The van der Waals surface area contributed by atoms with Crippen LogP contribution in [-0.4, -0.2) is 56.2 Å². The first-order chi connectivity index (χ1) is 14.0. The highest BCUT2D eigenvalue weighted by Crippen LogP contribution is 2.22. The fourth-order valence-electron chi connectivity index (χ4n) is 2.74. The lowest BCUT2D eigenvalue weighted by Crippen LogP contribution is -2.25. The Morgan fingerprint density at radius 3 is 2.83 bits per heavy atom. The number of amides is 1. The zero-order valence-electron chi connectivity index (χ0n) is 14.8. The molecule has 0 aliphatic heterocycles. The summed E-state index contributed by atoms with van der Waals surface area (Å²) in [6.45, 7) is 0. The summed E-state index contributed by atoms with van der Waals surface area (Å²) in [6.07, 6.45) is 7.78. The number of rotatable bonds is 4. The van der Waals surface area contributed by atoms with E-state index in [1.54, 1.807) is 0 Å². The van der Waals surface area contributed by atoms with Crippen LogP contribution in [-0.2, 0) is 0 Å². The second kappa shape index (κ2) is 6.12. The van der Waals surface area contributed by atoms with Gasteiger partial charge in [-0.3, -0.25) is 14.3 Å². The van der Waals surface area contributed by atoms with Crippen molar-refractivity contribution in [2.75, 3.05) is 0 Å². The highest BCUT2D eigenvalue weighted by molar-refractivity contribution is 5.90. The normalized spacial score (nSPS) is 15.4. The molecule has 1 fully saturated rings. The minimum atomic E-state index is -0.669. The van der Waals surface area contributed by atoms with Crippen molar-refractivity contribution in [2.45, 2.75) is 18.9 Å². The Morgan fingerprint density at radius 2 is 2.17 bits per heavy atom. The van der Waals surface area contributed by atoms with Gasteiger partial charge in [-0.2, -0.15) is 19.6 Å². The lowest BCUT2D eigenvalue weighted by atomic mass is 10.3. The first kappa shape index (κ1) is 16.9.